The number of nitrogens with zero attached hydrogens (tertiary/aromatic N) is 1. The summed E-state index contributed by atoms with van der Waals surface area (Å²) in [6, 6.07) is 0. The Bertz CT molecular complexity index is 242. The van der Waals surface area contributed by atoms with Crippen LogP contribution in [0.2, 0.25) is 0 Å². The van der Waals surface area contributed by atoms with Gasteiger partial charge in [0.05, 0.1) is 6.61 Å². The minimum Gasteiger partial charge on any atom is -0.368 e. The van der Waals surface area contributed by atoms with Crippen molar-refractivity contribution in [3.05, 3.63) is 0 Å². The predicted octanol–water partition coefficient (Wildman–Crippen LogP) is 1.08. The Kier molecular flexibility index (Phi) is 5.38. The van der Waals surface area contributed by atoms with Gasteiger partial charge in [-0.3, -0.25) is 9.69 Å². The van der Waals surface area contributed by atoms with E-state index in [9.17, 15) is 4.79 Å². The highest BCUT2D eigenvalue weighted by atomic mass is 16.5. The van der Waals surface area contributed by atoms with Crippen molar-refractivity contribution >= 4 is 5.78 Å². The molecule has 0 aromatic rings. The van der Waals surface area contributed by atoms with Crippen LogP contribution in [-0.4, -0.2) is 43.0 Å². The first kappa shape index (κ1) is 12.2. The van der Waals surface area contributed by atoms with Gasteiger partial charge in [0, 0.05) is 25.9 Å². The third-order valence-electron chi connectivity index (χ3n) is 2.57. The third-order valence-corrected chi connectivity index (χ3v) is 2.57. The Labute approximate surface area is 91.8 Å². The lowest BCUT2D eigenvalue weighted by atomic mass is 10.1. The first-order valence-electron chi connectivity index (χ1n) is 5.58. The summed E-state index contributed by atoms with van der Waals surface area (Å²) in [5.41, 5.74) is 0. The zero-order valence-electron chi connectivity index (χ0n) is 9.37. The molecule has 0 aromatic heterocycles. The van der Waals surface area contributed by atoms with E-state index in [-0.39, 0.29) is 11.9 Å². The van der Waals surface area contributed by atoms with Gasteiger partial charge in [0.15, 0.2) is 5.78 Å². The summed E-state index contributed by atoms with van der Waals surface area (Å²) in [6.07, 6.45) is 6.96. The number of Topliss-reactive ketones (excluding diaryl/α,β-unsaturated/α-hetero) is 1. The molecule has 3 nitrogen and oxygen atoms in total. The first-order chi connectivity index (χ1) is 7.27. The van der Waals surface area contributed by atoms with Gasteiger partial charge >= 0.3 is 0 Å². The zero-order valence-corrected chi connectivity index (χ0v) is 9.37. The fourth-order valence-corrected chi connectivity index (χ4v) is 1.77. The van der Waals surface area contributed by atoms with Crippen LogP contribution >= 0.6 is 0 Å². The van der Waals surface area contributed by atoms with E-state index < -0.39 is 0 Å². The molecule has 1 rings (SSSR count). The van der Waals surface area contributed by atoms with E-state index >= 15 is 0 Å². The molecule has 1 atom stereocenters. The van der Waals surface area contributed by atoms with Crippen molar-refractivity contribution < 1.29 is 9.53 Å². The molecule has 0 aliphatic carbocycles. The van der Waals surface area contributed by atoms with Crippen molar-refractivity contribution in [1.82, 2.24) is 4.90 Å². The molecule has 1 aliphatic rings. The maximum Gasteiger partial charge on any atom is 0.163 e. The monoisotopic (exact) mass is 209 g/mol. The maximum atomic E-state index is 11.7. The van der Waals surface area contributed by atoms with Crippen molar-refractivity contribution in [3.63, 3.8) is 0 Å². The van der Waals surface area contributed by atoms with Gasteiger partial charge in [-0.2, -0.15) is 0 Å². The second-order valence-corrected chi connectivity index (χ2v) is 3.83. The highest BCUT2D eigenvalue weighted by molar-refractivity contribution is 5.83. The molecule has 0 N–H and O–H groups in total. The van der Waals surface area contributed by atoms with E-state index in [2.05, 4.69) is 17.7 Å². The fraction of sp³-hybridized carbons (Fsp3) is 0.750. The van der Waals surface area contributed by atoms with Gasteiger partial charge in [-0.1, -0.05) is 6.92 Å². The minimum atomic E-state index is -0.251. The Hall–Kier alpha value is -0.850. The van der Waals surface area contributed by atoms with Crippen LogP contribution in [0.25, 0.3) is 0 Å². The normalized spacial score (nSPS) is 22.3. The molecule has 0 spiro atoms. The summed E-state index contributed by atoms with van der Waals surface area (Å²) >= 11 is 0. The summed E-state index contributed by atoms with van der Waals surface area (Å²) in [6.45, 7) is 5.52. The summed E-state index contributed by atoms with van der Waals surface area (Å²) in [5.74, 6) is 2.63. The third kappa shape index (κ3) is 4.03. The largest absolute Gasteiger partial charge is 0.368 e. The molecule has 1 unspecified atom stereocenters. The molecule has 0 saturated carbocycles. The molecule has 1 heterocycles. The number of carbonyl (C=O) groups excluding carboxylic acids is 1. The lowest BCUT2D eigenvalue weighted by molar-refractivity contribution is -0.136. The standard InChI is InChI=1S/C12H19NO2/c1-3-5-6-11(14)12-10-13(7-4-2)8-9-15-12/h1,12H,4-10H2,2H3. The highest BCUT2D eigenvalue weighted by Gasteiger charge is 2.25. The lowest BCUT2D eigenvalue weighted by Crippen LogP contribution is -2.46. The van der Waals surface area contributed by atoms with Crippen LogP contribution in [0.4, 0.5) is 0 Å². The molecule has 0 amide bonds. The minimum absolute atomic E-state index is 0.147. The molecular weight excluding hydrogens is 190 g/mol. The van der Waals surface area contributed by atoms with Crippen LogP contribution in [0.15, 0.2) is 0 Å². The van der Waals surface area contributed by atoms with E-state index in [1.54, 1.807) is 0 Å². The van der Waals surface area contributed by atoms with Crippen molar-refractivity contribution in [3.8, 4) is 12.3 Å². The topological polar surface area (TPSA) is 29.5 Å². The summed E-state index contributed by atoms with van der Waals surface area (Å²) < 4.78 is 5.45. The number of ether oxygens (including phenoxy) is 1. The molecule has 1 fully saturated rings. The van der Waals surface area contributed by atoms with Crippen LogP contribution in [0.1, 0.15) is 26.2 Å². The predicted molar refractivity (Wildman–Crippen MR) is 59.5 cm³/mol. The Morgan fingerprint density at radius 2 is 2.47 bits per heavy atom. The van der Waals surface area contributed by atoms with Crippen molar-refractivity contribution in [2.75, 3.05) is 26.2 Å². The first-order valence-corrected chi connectivity index (χ1v) is 5.58. The number of hydrogen-bond donors (Lipinski definition) is 0. The van der Waals surface area contributed by atoms with Gasteiger partial charge in [-0.05, 0) is 13.0 Å². The molecule has 0 bridgehead atoms. The lowest BCUT2D eigenvalue weighted by Gasteiger charge is -2.31. The SMILES string of the molecule is C#CCCC(=O)C1CN(CCC)CCO1. The average molecular weight is 209 g/mol. The van der Waals surface area contributed by atoms with E-state index in [4.69, 9.17) is 11.2 Å². The second-order valence-electron chi connectivity index (χ2n) is 3.83. The quantitative estimate of drug-likeness (QED) is 0.635. The van der Waals surface area contributed by atoms with Crippen LogP contribution in [0.5, 0.6) is 0 Å². The summed E-state index contributed by atoms with van der Waals surface area (Å²) in [4.78, 5) is 13.9. The van der Waals surface area contributed by atoms with Gasteiger partial charge in [0.25, 0.3) is 0 Å². The highest BCUT2D eigenvalue weighted by Crippen LogP contribution is 2.09. The van der Waals surface area contributed by atoms with E-state index in [1.165, 1.54) is 0 Å². The van der Waals surface area contributed by atoms with Gasteiger partial charge < -0.3 is 4.74 Å². The van der Waals surface area contributed by atoms with E-state index in [0.717, 1.165) is 26.1 Å². The number of rotatable bonds is 5. The van der Waals surface area contributed by atoms with E-state index in [1.807, 2.05) is 0 Å². The van der Waals surface area contributed by atoms with Crippen LogP contribution < -0.4 is 0 Å². The Morgan fingerprint density at radius 3 is 3.13 bits per heavy atom. The molecule has 0 radical (unpaired) electrons. The summed E-state index contributed by atoms with van der Waals surface area (Å²) in [5, 5.41) is 0. The number of carbonyl (C=O) groups is 1. The molecule has 84 valence electrons. The van der Waals surface area contributed by atoms with Crippen molar-refractivity contribution in [2.45, 2.75) is 32.3 Å². The molecule has 0 aromatic carbocycles. The number of terminal acetylenes is 1. The van der Waals surface area contributed by atoms with Gasteiger partial charge in [-0.15, -0.1) is 12.3 Å². The number of morpholine rings is 1. The fourth-order valence-electron chi connectivity index (χ4n) is 1.77. The number of ketones is 1. The zero-order chi connectivity index (χ0) is 11.1. The molecule has 1 aliphatic heterocycles. The summed E-state index contributed by atoms with van der Waals surface area (Å²) in [7, 11) is 0. The smallest absolute Gasteiger partial charge is 0.163 e. The van der Waals surface area contributed by atoms with Crippen LogP contribution in [-0.2, 0) is 9.53 Å². The van der Waals surface area contributed by atoms with Crippen molar-refractivity contribution in [2.24, 2.45) is 0 Å². The Balaban J connectivity index is 2.35. The van der Waals surface area contributed by atoms with Gasteiger partial charge in [-0.25, -0.2) is 0 Å². The van der Waals surface area contributed by atoms with Crippen LogP contribution in [0, 0.1) is 12.3 Å². The average Bonchev–Trinajstić information content (AvgIpc) is 2.27. The van der Waals surface area contributed by atoms with E-state index in [0.29, 0.717) is 19.4 Å². The van der Waals surface area contributed by atoms with Gasteiger partial charge in [0.2, 0.25) is 0 Å². The number of hydrogen-bond acceptors (Lipinski definition) is 3. The second kappa shape index (κ2) is 6.60. The van der Waals surface area contributed by atoms with Crippen molar-refractivity contribution in [1.29, 1.82) is 0 Å². The maximum absolute atomic E-state index is 11.7. The molecule has 3 heteroatoms. The molecule has 15 heavy (non-hydrogen) atoms. The Morgan fingerprint density at radius 1 is 1.67 bits per heavy atom. The van der Waals surface area contributed by atoms with Gasteiger partial charge in [0.1, 0.15) is 6.10 Å². The molecule has 1 saturated heterocycles. The van der Waals surface area contributed by atoms with Crippen LogP contribution in [0.3, 0.4) is 0 Å². The molecular formula is C12H19NO2.